The van der Waals surface area contributed by atoms with Crippen LogP contribution >= 0.6 is 0 Å². The van der Waals surface area contributed by atoms with Gasteiger partial charge < -0.3 is 0 Å². The summed E-state index contributed by atoms with van der Waals surface area (Å²) in [6, 6.07) is 0. The molecule has 0 heterocycles. The third-order valence-corrected chi connectivity index (χ3v) is 2.56. The molecule has 66 valence electrons. The standard InChI is InChI=1S/C7H8O4S/c1-5-2-3-6(8)4-7(5)12(9,10)11/h2,4H,3H2,1H3,(H,9,10,11). The lowest BCUT2D eigenvalue weighted by Crippen LogP contribution is -2.09. The molecule has 0 aromatic heterocycles. The maximum atomic E-state index is 10.8. The van der Waals surface area contributed by atoms with Crippen LogP contribution in [0.15, 0.2) is 22.6 Å². The van der Waals surface area contributed by atoms with Gasteiger partial charge in [-0.2, -0.15) is 8.42 Å². The van der Waals surface area contributed by atoms with Gasteiger partial charge in [-0.25, -0.2) is 0 Å². The second-order valence-electron chi connectivity index (χ2n) is 2.54. The normalized spacial score (nSPS) is 18.7. The van der Waals surface area contributed by atoms with E-state index in [0.717, 1.165) is 6.08 Å². The maximum Gasteiger partial charge on any atom is 0.294 e. The van der Waals surface area contributed by atoms with E-state index in [-0.39, 0.29) is 17.1 Å². The summed E-state index contributed by atoms with van der Waals surface area (Å²) >= 11 is 0. The Kier molecular flexibility index (Phi) is 2.16. The molecule has 0 spiro atoms. The molecule has 0 aromatic rings. The van der Waals surface area contributed by atoms with Crippen molar-refractivity contribution in [3.05, 3.63) is 22.6 Å². The molecule has 5 heteroatoms. The second kappa shape index (κ2) is 2.84. The molecule has 1 rings (SSSR count). The van der Waals surface area contributed by atoms with Crippen LogP contribution in [0.3, 0.4) is 0 Å². The third kappa shape index (κ3) is 1.80. The van der Waals surface area contributed by atoms with Crippen molar-refractivity contribution in [2.24, 2.45) is 0 Å². The highest BCUT2D eigenvalue weighted by Gasteiger charge is 2.20. The zero-order valence-corrected chi connectivity index (χ0v) is 7.26. The van der Waals surface area contributed by atoms with Crippen LogP contribution in [-0.4, -0.2) is 18.8 Å². The minimum Gasteiger partial charge on any atom is -0.294 e. The Morgan fingerprint density at radius 2 is 2.08 bits per heavy atom. The number of carbonyl (C=O) groups is 1. The largest absolute Gasteiger partial charge is 0.294 e. The first-order chi connectivity index (χ1) is 5.41. The first-order valence-corrected chi connectivity index (χ1v) is 4.74. The Balaban J connectivity index is 3.20. The van der Waals surface area contributed by atoms with Gasteiger partial charge in [0, 0.05) is 12.5 Å². The first kappa shape index (κ1) is 9.15. The Morgan fingerprint density at radius 3 is 2.50 bits per heavy atom. The molecule has 0 radical (unpaired) electrons. The van der Waals surface area contributed by atoms with Gasteiger partial charge in [0.15, 0.2) is 5.78 Å². The molecular formula is C7H8O4S. The summed E-state index contributed by atoms with van der Waals surface area (Å²) < 4.78 is 29.9. The lowest BCUT2D eigenvalue weighted by atomic mass is 10.1. The Bertz CT molecular complexity index is 372. The van der Waals surface area contributed by atoms with Gasteiger partial charge >= 0.3 is 0 Å². The number of carbonyl (C=O) groups excluding carboxylic acids is 1. The van der Waals surface area contributed by atoms with E-state index in [9.17, 15) is 13.2 Å². The maximum absolute atomic E-state index is 10.8. The van der Waals surface area contributed by atoms with Crippen molar-refractivity contribution in [3.8, 4) is 0 Å². The predicted octanol–water partition coefficient (Wildman–Crippen LogP) is 0.677. The van der Waals surface area contributed by atoms with Crippen LogP contribution in [0.25, 0.3) is 0 Å². The van der Waals surface area contributed by atoms with Gasteiger partial charge in [0.1, 0.15) is 4.91 Å². The average Bonchev–Trinajstić information content (AvgIpc) is 1.92. The van der Waals surface area contributed by atoms with Crippen molar-refractivity contribution in [1.82, 2.24) is 0 Å². The van der Waals surface area contributed by atoms with Gasteiger partial charge in [-0.05, 0) is 12.5 Å². The molecule has 0 unspecified atom stereocenters. The van der Waals surface area contributed by atoms with Gasteiger partial charge in [-0.3, -0.25) is 9.35 Å². The molecule has 4 nitrogen and oxygen atoms in total. The molecule has 0 atom stereocenters. The molecule has 0 bridgehead atoms. The molecule has 0 fully saturated rings. The summed E-state index contributed by atoms with van der Waals surface area (Å²) in [5.41, 5.74) is 0.414. The number of hydrogen-bond donors (Lipinski definition) is 1. The van der Waals surface area contributed by atoms with E-state index >= 15 is 0 Å². The molecule has 1 aliphatic rings. The van der Waals surface area contributed by atoms with E-state index < -0.39 is 10.1 Å². The van der Waals surface area contributed by atoms with Crippen LogP contribution in [0.5, 0.6) is 0 Å². The van der Waals surface area contributed by atoms with Crippen molar-refractivity contribution < 1.29 is 17.8 Å². The highest BCUT2D eigenvalue weighted by atomic mass is 32.2. The fourth-order valence-corrected chi connectivity index (χ4v) is 1.72. The summed E-state index contributed by atoms with van der Waals surface area (Å²) in [6.07, 6.45) is 2.63. The SMILES string of the molecule is CC1=CCC(=O)C=C1S(=O)(=O)O. The van der Waals surface area contributed by atoms with Crippen molar-refractivity contribution >= 4 is 15.9 Å². The number of ketones is 1. The highest BCUT2D eigenvalue weighted by molar-refractivity contribution is 7.90. The zero-order chi connectivity index (χ0) is 9.35. The molecule has 1 aliphatic carbocycles. The predicted molar refractivity (Wildman–Crippen MR) is 43.0 cm³/mol. The van der Waals surface area contributed by atoms with Crippen molar-refractivity contribution in [2.75, 3.05) is 0 Å². The molecular weight excluding hydrogens is 180 g/mol. The number of allylic oxidation sites excluding steroid dienone is 3. The van der Waals surface area contributed by atoms with E-state index in [1.165, 1.54) is 13.0 Å². The Hall–Kier alpha value is -0.940. The summed E-state index contributed by atoms with van der Waals surface area (Å²) in [5.74, 6) is -0.312. The fraction of sp³-hybridized carbons (Fsp3) is 0.286. The summed E-state index contributed by atoms with van der Waals surface area (Å²) in [5, 5.41) is 0. The van der Waals surface area contributed by atoms with Crippen molar-refractivity contribution in [2.45, 2.75) is 13.3 Å². The van der Waals surface area contributed by atoms with Crippen molar-refractivity contribution in [1.29, 1.82) is 0 Å². The Labute approximate surface area is 70.3 Å². The van der Waals surface area contributed by atoms with E-state index in [1.807, 2.05) is 0 Å². The second-order valence-corrected chi connectivity index (χ2v) is 3.93. The van der Waals surface area contributed by atoms with Crippen molar-refractivity contribution in [3.63, 3.8) is 0 Å². The summed E-state index contributed by atoms with van der Waals surface area (Å²) in [7, 11) is -4.24. The fourth-order valence-electron chi connectivity index (χ4n) is 0.951. The topological polar surface area (TPSA) is 71.4 Å². The van der Waals surface area contributed by atoms with Gasteiger partial charge in [-0.15, -0.1) is 0 Å². The molecule has 0 saturated heterocycles. The number of rotatable bonds is 1. The van der Waals surface area contributed by atoms with Crippen LogP contribution in [0.1, 0.15) is 13.3 Å². The van der Waals surface area contributed by atoms with E-state index in [2.05, 4.69) is 0 Å². The van der Waals surface area contributed by atoms with Crippen LogP contribution < -0.4 is 0 Å². The quantitative estimate of drug-likeness (QED) is 0.614. The highest BCUT2D eigenvalue weighted by Crippen LogP contribution is 2.20. The molecule has 0 saturated carbocycles. The molecule has 0 aromatic carbocycles. The molecule has 0 aliphatic heterocycles. The summed E-state index contributed by atoms with van der Waals surface area (Å²) in [6.45, 7) is 1.53. The smallest absolute Gasteiger partial charge is 0.294 e. The van der Waals surface area contributed by atoms with Crippen LogP contribution in [0, 0.1) is 0 Å². The van der Waals surface area contributed by atoms with E-state index in [4.69, 9.17) is 4.55 Å². The summed E-state index contributed by atoms with van der Waals surface area (Å²) in [4.78, 5) is 10.5. The molecule has 0 amide bonds. The average molecular weight is 188 g/mol. The monoisotopic (exact) mass is 188 g/mol. The third-order valence-electron chi connectivity index (χ3n) is 1.57. The van der Waals surface area contributed by atoms with Gasteiger partial charge in [0.25, 0.3) is 10.1 Å². The van der Waals surface area contributed by atoms with Crippen LogP contribution in [0.2, 0.25) is 0 Å². The first-order valence-electron chi connectivity index (χ1n) is 3.30. The van der Waals surface area contributed by atoms with Gasteiger partial charge in [0.05, 0.1) is 0 Å². The molecule has 1 N–H and O–H groups in total. The van der Waals surface area contributed by atoms with E-state index in [1.54, 1.807) is 0 Å². The lowest BCUT2D eigenvalue weighted by molar-refractivity contribution is -0.113. The lowest BCUT2D eigenvalue weighted by Gasteiger charge is -2.07. The zero-order valence-electron chi connectivity index (χ0n) is 6.44. The minimum atomic E-state index is -4.24. The van der Waals surface area contributed by atoms with Gasteiger partial charge in [0.2, 0.25) is 0 Å². The number of hydrogen-bond acceptors (Lipinski definition) is 3. The van der Waals surface area contributed by atoms with Gasteiger partial charge in [-0.1, -0.05) is 6.08 Å². The van der Waals surface area contributed by atoms with E-state index in [0.29, 0.717) is 5.57 Å². The Morgan fingerprint density at radius 1 is 1.50 bits per heavy atom. The minimum absolute atomic E-state index is 0.199. The molecule has 12 heavy (non-hydrogen) atoms. The van der Waals surface area contributed by atoms with Crippen LogP contribution in [-0.2, 0) is 14.9 Å². The van der Waals surface area contributed by atoms with Crippen LogP contribution in [0.4, 0.5) is 0 Å².